The van der Waals surface area contributed by atoms with Crippen LogP contribution in [-0.4, -0.2) is 42.0 Å². The molecule has 1 aliphatic carbocycles. The van der Waals surface area contributed by atoms with Gasteiger partial charge in [-0.2, -0.15) is 9.90 Å². The maximum Gasteiger partial charge on any atom is 0.277 e. The zero-order chi connectivity index (χ0) is 21.4. The monoisotopic (exact) mass is 434 g/mol. The van der Waals surface area contributed by atoms with Gasteiger partial charge in [-0.25, -0.2) is 0 Å². The van der Waals surface area contributed by atoms with E-state index in [4.69, 9.17) is 16.0 Å². The van der Waals surface area contributed by atoms with Crippen LogP contribution in [0.25, 0.3) is 17.1 Å². The van der Waals surface area contributed by atoms with Crippen molar-refractivity contribution in [2.45, 2.75) is 32.4 Å². The summed E-state index contributed by atoms with van der Waals surface area (Å²) in [5.74, 6) is 0.484. The Morgan fingerprint density at radius 3 is 2.58 bits per heavy atom. The van der Waals surface area contributed by atoms with Crippen molar-refractivity contribution >= 4 is 17.5 Å². The van der Waals surface area contributed by atoms with Crippen LogP contribution in [-0.2, 0) is 6.54 Å². The number of carbonyl (C=O) groups excluding carboxylic acids is 1. The Morgan fingerprint density at radius 1 is 1.10 bits per heavy atom. The van der Waals surface area contributed by atoms with E-state index in [1.54, 1.807) is 17.9 Å². The maximum atomic E-state index is 13.3. The van der Waals surface area contributed by atoms with Crippen LogP contribution in [0.5, 0.6) is 0 Å². The smallest absolute Gasteiger partial charge is 0.277 e. The number of halogens is 1. The van der Waals surface area contributed by atoms with Gasteiger partial charge >= 0.3 is 0 Å². The second-order valence-corrected chi connectivity index (χ2v) is 7.81. The predicted octanol–water partition coefficient (Wildman–Crippen LogP) is 4.08. The standard InChI is InChI=1S/C22H19ClN6O2/c1-14-20(27-29(26-14)16-7-3-2-4-8-16)22(30)28(15-11-12-15)13-19-24-25-21(31-19)17-9-5-6-10-18(17)23/h2-10,15H,11-13H2,1H3. The van der Waals surface area contributed by atoms with Crippen LogP contribution in [0.4, 0.5) is 0 Å². The number of aromatic nitrogens is 5. The Kier molecular flexibility index (Phi) is 4.99. The molecule has 0 radical (unpaired) electrons. The Hall–Kier alpha value is -3.52. The van der Waals surface area contributed by atoms with Crippen molar-refractivity contribution in [1.82, 2.24) is 30.1 Å². The molecular formula is C22H19ClN6O2. The van der Waals surface area contributed by atoms with Gasteiger partial charge in [-0.3, -0.25) is 4.79 Å². The fourth-order valence-corrected chi connectivity index (χ4v) is 3.57. The van der Waals surface area contributed by atoms with Gasteiger partial charge in [0.05, 0.1) is 28.5 Å². The second-order valence-electron chi connectivity index (χ2n) is 7.40. The number of rotatable bonds is 6. The van der Waals surface area contributed by atoms with Crippen molar-refractivity contribution in [3.63, 3.8) is 0 Å². The van der Waals surface area contributed by atoms with Crippen molar-refractivity contribution in [3.05, 3.63) is 76.9 Å². The van der Waals surface area contributed by atoms with E-state index in [1.807, 2.05) is 48.5 Å². The molecule has 8 nitrogen and oxygen atoms in total. The quantitative estimate of drug-likeness (QED) is 0.454. The average molecular weight is 435 g/mol. The van der Waals surface area contributed by atoms with Crippen LogP contribution < -0.4 is 0 Å². The SMILES string of the molecule is Cc1nn(-c2ccccc2)nc1C(=O)N(Cc1nnc(-c2ccccc2Cl)o1)C1CC1. The van der Waals surface area contributed by atoms with Gasteiger partial charge in [0.2, 0.25) is 11.8 Å². The van der Waals surface area contributed by atoms with E-state index in [0.29, 0.717) is 33.8 Å². The highest BCUT2D eigenvalue weighted by molar-refractivity contribution is 6.33. The molecule has 4 aromatic rings. The topological polar surface area (TPSA) is 89.9 Å². The average Bonchev–Trinajstić information content (AvgIpc) is 3.39. The van der Waals surface area contributed by atoms with E-state index in [9.17, 15) is 4.79 Å². The molecule has 1 saturated carbocycles. The Balaban J connectivity index is 1.39. The van der Waals surface area contributed by atoms with Crippen LogP contribution in [0.1, 0.15) is 34.9 Å². The summed E-state index contributed by atoms with van der Waals surface area (Å²) in [7, 11) is 0. The van der Waals surface area contributed by atoms with E-state index >= 15 is 0 Å². The fourth-order valence-electron chi connectivity index (χ4n) is 3.35. The second kappa shape index (κ2) is 7.96. The molecule has 1 fully saturated rings. The van der Waals surface area contributed by atoms with E-state index in [1.165, 1.54) is 4.80 Å². The highest BCUT2D eigenvalue weighted by Crippen LogP contribution is 2.31. The van der Waals surface area contributed by atoms with Gasteiger partial charge < -0.3 is 9.32 Å². The van der Waals surface area contributed by atoms with Gasteiger partial charge in [0.1, 0.15) is 0 Å². The zero-order valence-corrected chi connectivity index (χ0v) is 17.5. The van der Waals surface area contributed by atoms with Crippen LogP contribution >= 0.6 is 11.6 Å². The number of hydrogen-bond acceptors (Lipinski definition) is 6. The highest BCUT2D eigenvalue weighted by atomic mass is 35.5. The Bertz CT molecular complexity index is 1230. The first-order valence-corrected chi connectivity index (χ1v) is 10.4. The van der Waals surface area contributed by atoms with E-state index < -0.39 is 0 Å². The molecule has 0 saturated heterocycles. The first-order chi connectivity index (χ1) is 15.1. The molecule has 1 amide bonds. The van der Waals surface area contributed by atoms with E-state index in [0.717, 1.165) is 18.5 Å². The highest BCUT2D eigenvalue weighted by Gasteiger charge is 2.36. The predicted molar refractivity (Wildman–Crippen MR) is 114 cm³/mol. The Labute approximate surface area is 183 Å². The summed E-state index contributed by atoms with van der Waals surface area (Å²) in [5, 5.41) is 17.6. The molecule has 2 aromatic carbocycles. The first kappa shape index (κ1) is 19.4. The lowest BCUT2D eigenvalue weighted by Gasteiger charge is -2.19. The van der Waals surface area contributed by atoms with Crippen LogP contribution in [0.15, 0.2) is 59.0 Å². The number of aryl methyl sites for hydroxylation is 1. The molecule has 0 unspecified atom stereocenters. The number of para-hydroxylation sites is 1. The molecule has 9 heteroatoms. The third-order valence-electron chi connectivity index (χ3n) is 5.10. The minimum Gasteiger partial charge on any atom is -0.419 e. The van der Waals surface area contributed by atoms with Gasteiger partial charge in [0.15, 0.2) is 5.69 Å². The molecule has 2 heterocycles. The fraction of sp³-hybridized carbons (Fsp3) is 0.227. The summed E-state index contributed by atoms with van der Waals surface area (Å²) in [6.45, 7) is 1.99. The molecule has 0 atom stereocenters. The summed E-state index contributed by atoms with van der Waals surface area (Å²) in [4.78, 5) is 16.5. The van der Waals surface area contributed by atoms with Gasteiger partial charge in [0.25, 0.3) is 5.91 Å². The summed E-state index contributed by atoms with van der Waals surface area (Å²) in [6.07, 6.45) is 1.87. The summed E-state index contributed by atoms with van der Waals surface area (Å²) < 4.78 is 5.81. The number of hydrogen-bond donors (Lipinski definition) is 0. The third-order valence-corrected chi connectivity index (χ3v) is 5.43. The van der Waals surface area contributed by atoms with Gasteiger partial charge in [-0.05, 0) is 44.0 Å². The van der Waals surface area contributed by atoms with Crippen molar-refractivity contribution in [2.75, 3.05) is 0 Å². The molecule has 0 bridgehead atoms. The summed E-state index contributed by atoms with van der Waals surface area (Å²) in [6, 6.07) is 16.9. The lowest BCUT2D eigenvalue weighted by molar-refractivity contribution is 0.0707. The molecular weight excluding hydrogens is 416 g/mol. The largest absolute Gasteiger partial charge is 0.419 e. The summed E-state index contributed by atoms with van der Waals surface area (Å²) >= 11 is 6.23. The lowest BCUT2D eigenvalue weighted by atomic mass is 10.2. The van der Waals surface area contributed by atoms with Crippen molar-refractivity contribution in [2.24, 2.45) is 0 Å². The third kappa shape index (κ3) is 3.94. The van der Waals surface area contributed by atoms with Crippen molar-refractivity contribution in [1.29, 1.82) is 0 Å². The van der Waals surface area contributed by atoms with Crippen molar-refractivity contribution in [3.8, 4) is 17.1 Å². The minimum atomic E-state index is -0.195. The number of carbonyl (C=O) groups is 1. The van der Waals surface area contributed by atoms with E-state index in [-0.39, 0.29) is 18.5 Å². The van der Waals surface area contributed by atoms with Crippen molar-refractivity contribution < 1.29 is 9.21 Å². The van der Waals surface area contributed by atoms with Crippen LogP contribution in [0.2, 0.25) is 5.02 Å². The number of nitrogens with zero attached hydrogens (tertiary/aromatic N) is 6. The Morgan fingerprint density at radius 2 is 1.84 bits per heavy atom. The normalized spacial score (nSPS) is 13.4. The van der Waals surface area contributed by atoms with Gasteiger partial charge in [-0.15, -0.1) is 15.3 Å². The molecule has 156 valence electrons. The first-order valence-electron chi connectivity index (χ1n) is 9.98. The molecule has 0 aliphatic heterocycles. The zero-order valence-electron chi connectivity index (χ0n) is 16.8. The molecule has 0 N–H and O–H groups in total. The minimum absolute atomic E-state index is 0.129. The molecule has 1 aliphatic rings. The lowest BCUT2D eigenvalue weighted by Crippen LogP contribution is -2.33. The molecule has 0 spiro atoms. The molecule has 5 rings (SSSR count). The number of benzene rings is 2. The van der Waals surface area contributed by atoms with E-state index in [2.05, 4.69) is 20.4 Å². The van der Waals surface area contributed by atoms with Crippen LogP contribution in [0.3, 0.4) is 0 Å². The van der Waals surface area contributed by atoms with Gasteiger partial charge in [0, 0.05) is 6.04 Å². The molecule has 31 heavy (non-hydrogen) atoms. The molecule has 2 aromatic heterocycles. The number of amides is 1. The maximum absolute atomic E-state index is 13.3. The van der Waals surface area contributed by atoms with Crippen LogP contribution in [0, 0.1) is 6.92 Å². The summed E-state index contributed by atoms with van der Waals surface area (Å²) in [5.41, 5.74) is 2.35. The van der Waals surface area contributed by atoms with Gasteiger partial charge in [-0.1, -0.05) is 41.9 Å².